The Hall–Kier alpha value is 0.452. The Labute approximate surface area is 40.2 Å². The van der Waals surface area contributed by atoms with Crippen LogP contribution in [0.5, 0.6) is 0 Å². The molecule has 0 radical (unpaired) electrons. The Kier molecular flexibility index (Phi) is 90.4. The Bertz CT molecular complexity index is 7.61. The maximum absolute atomic E-state index is 2.58. The summed E-state index contributed by atoms with van der Waals surface area (Å²) in [4.78, 5) is 0. The number of hydrogen-bond acceptors (Lipinski definition) is 2. The van der Waals surface area contributed by atoms with E-state index < -0.39 is 0 Å². The molecule has 0 spiro atoms. The summed E-state index contributed by atoms with van der Waals surface area (Å²) in [7, 11) is 0. The van der Waals surface area contributed by atoms with Crippen molar-refractivity contribution in [1.29, 1.82) is 0 Å². The summed E-state index contributed by atoms with van der Waals surface area (Å²) in [6, 6.07) is 0. The van der Waals surface area contributed by atoms with Crippen molar-refractivity contribution in [3.63, 3.8) is 0 Å². The van der Waals surface area contributed by atoms with Crippen LogP contribution in [0.1, 0.15) is 6.92 Å². The average Bonchev–Trinajstić information content (AvgIpc) is 0.918. The third-order valence-corrected chi connectivity index (χ3v) is 0. The molecule has 0 saturated carbocycles. The summed E-state index contributed by atoms with van der Waals surface area (Å²) in [6.45, 7) is 2.09. The molecule has 5 heavy (non-hydrogen) atoms. The average molecular weight is 90.1 g/mol. The normalized spacial score (nSPS) is 3.80. The van der Waals surface area contributed by atoms with Gasteiger partial charge in [-0.1, -0.05) is 0 Å². The van der Waals surface area contributed by atoms with Gasteiger partial charge >= 0.3 is 28.5 Å². The van der Waals surface area contributed by atoms with Gasteiger partial charge in [-0.2, -0.15) is 0 Å². The SMILES string of the molecule is C[CH2][Al+2].[OH-].[OH-]. The van der Waals surface area contributed by atoms with E-state index in [0.717, 1.165) is 0 Å². The van der Waals surface area contributed by atoms with Gasteiger partial charge in [0.1, 0.15) is 0 Å². The van der Waals surface area contributed by atoms with Gasteiger partial charge in [-0.25, -0.2) is 0 Å². The molecule has 0 fully saturated rings. The fraction of sp³-hybridized carbons (Fsp3) is 1.00. The molecule has 2 nitrogen and oxygen atoms in total. The quantitative estimate of drug-likeness (QED) is 0.400. The van der Waals surface area contributed by atoms with Crippen LogP contribution in [-0.4, -0.2) is 27.2 Å². The van der Waals surface area contributed by atoms with E-state index in [1.807, 2.05) is 0 Å². The zero-order chi connectivity index (χ0) is 2.71. The molecule has 0 saturated heterocycles. The molecule has 0 aliphatic rings. The zero-order valence-corrected chi connectivity index (χ0v) is 4.33. The van der Waals surface area contributed by atoms with Gasteiger partial charge in [0.05, 0.1) is 0 Å². The van der Waals surface area contributed by atoms with Crippen LogP contribution in [0.25, 0.3) is 0 Å². The third kappa shape index (κ3) is 131. The van der Waals surface area contributed by atoms with Crippen LogP contribution >= 0.6 is 0 Å². The fourth-order valence-electron chi connectivity index (χ4n) is 0. The van der Waals surface area contributed by atoms with Crippen LogP contribution in [0.15, 0.2) is 0 Å². The van der Waals surface area contributed by atoms with Crippen molar-refractivity contribution in [1.82, 2.24) is 0 Å². The van der Waals surface area contributed by atoms with Gasteiger partial charge in [0.2, 0.25) is 0 Å². The molecule has 0 aromatic rings. The summed E-state index contributed by atoms with van der Waals surface area (Å²) >= 11 is 2.58. The first-order valence-corrected chi connectivity index (χ1v) is 1.93. The first-order valence-electron chi connectivity index (χ1n) is 1.12. The first kappa shape index (κ1) is 18.0. The van der Waals surface area contributed by atoms with E-state index in [4.69, 9.17) is 0 Å². The molecule has 0 amide bonds. The molecule has 2 N–H and O–H groups in total. The first-order chi connectivity index (χ1) is 1.41. The van der Waals surface area contributed by atoms with E-state index in [9.17, 15) is 0 Å². The molecule has 0 aliphatic carbocycles. The van der Waals surface area contributed by atoms with Crippen molar-refractivity contribution in [2.75, 3.05) is 0 Å². The molecule has 30 valence electrons. The van der Waals surface area contributed by atoms with Crippen molar-refractivity contribution in [3.05, 3.63) is 0 Å². The molecule has 0 aliphatic heterocycles. The predicted molar refractivity (Wildman–Crippen MR) is 20.1 cm³/mol. The van der Waals surface area contributed by atoms with Gasteiger partial charge in [0.25, 0.3) is 0 Å². The summed E-state index contributed by atoms with van der Waals surface area (Å²) in [5.74, 6) is 0. The fourth-order valence-corrected chi connectivity index (χ4v) is 0. The molecule has 0 atom stereocenters. The molecule has 3 heteroatoms. The zero-order valence-electron chi connectivity index (χ0n) is 3.18. The second-order valence-corrected chi connectivity index (χ2v) is 1.22. The minimum absolute atomic E-state index is 0. The van der Waals surface area contributed by atoms with Gasteiger partial charge in [0, 0.05) is 0 Å². The van der Waals surface area contributed by atoms with Crippen molar-refractivity contribution < 1.29 is 11.0 Å². The Morgan fingerprint density at radius 2 is 1.40 bits per heavy atom. The molecule has 0 heterocycles. The van der Waals surface area contributed by atoms with Gasteiger partial charge < -0.3 is 11.0 Å². The van der Waals surface area contributed by atoms with Crippen LogP contribution in [0.3, 0.4) is 0 Å². The summed E-state index contributed by atoms with van der Waals surface area (Å²) in [5.41, 5.74) is 0. The largest absolute Gasteiger partial charge is 0.870 e. The van der Waals surface area contributed by atoms with Gasteiger partial charge in [0.15, 0.2) is 0 Å². The molecule has 0 aromatic heterocycles. The number of rotatable bonds is 0. The minimum Gasteiger partial charge on any atom is -0.870 e. The van der Waals surface area contributed by atoms with Crippen molar-refractivity contribution in [2.24, 2.45) is 0 Å². The van der Waals surface area contributed by atoms with E-state index >= 15 is 0 Å². The molecule has 0 bridgehead atoms. The van der Waals surface area contributed by atoms with Crippen LogP contribution in [0.2, 0.25) is 5.28 Å². The van der Waals surface area contributed by atoms with E-state index in [0.29, 0.717) is 0 Å². The Morgan fingerprint density at radius 1 is 1.40 bits per heavy atom. The van der Waals surface area contributed by atoms with Crippen LogP contribution in [0, 0.1) is 0 Å². The van der Waals surface area contributed by atoms with Crippen LogP contribution in [-0.2, 0) is 0 Å². The third-order valence-electron chi connectivity index (χ3n) is 0. The standard InChI is InChI=1S/C2H5.Al.2H2O/c1-2;;;/h1H2,2H3;;2*1H2/q;+2;;/p-2. The summed E-state index contributed by atoms with van der Waals surface area (Å²) in [6.07, 6.45) is 0. The van der Waals surface area contributed by atoms with Crippen molar-refractivity contribution in [2.45, 2.75) is 12.2 Å². The molecule has 0 unspecified atom stereocenters. The Balaban J connectivity index is -0.0000000200. The van der Waals surface area contributed by atoms with Gasteiger partial charge in [-0.15, -0.1) is 0 Å². The minimum atomic E-state index is 0. The second kappa shape index (κ2) is 25.2. The molecule has 0 aromatic carbocycles. The van der Waals surface area contributed by atoms with Gasteiger partial charge in [-0.3, -0.25) is 0 Å². The molecular weight excluding hydrogens is 83.0 g/mol. The van der Waals surface area contributed by atoms with E-state index in [-0.39, 0.29) is 11.0 Å². The monoisotopic (exact) mass is 90.0 g/mol. The maximum atomic E-state index is 2.58. The second-order valence-electron chi connectivity index (χ2n) is 0.408. The Morgan fingerprint density at radius 3 is 1.40 bits per heavy atom. The number of hydrogen-bond donors (Lipinski definition) is 0. The molecule has 0 rings (SSSR count). The maximum Gasteiger partial charge on any atom is -0.870 e. The van der Waals surface area contributed by atoms with E-state index in [1.54, 1.807) is 0 Å². The summed E-state index contributed by atoms with van der Waals surface area (Å²) in [5, 5.41) is 1.17. The van der Waals surface area contributed by atoms with Crippen LogP contribution < -0.4 is 0 Å². The van der Waals surface area contributed by atoms with Crippen molar-refractivity contribution >= 4 is 16.3 Å². The van der Waals surface area contributed by atoms with Crippen molar-refractivity contribution in [3.8, 4) is 0 Å². The molecular formula is C2H7AlO2. The predicted octanol–water partition coefficient (Wildman–Crippen LogP) is 0.239. The van der Waals surface area contributed by atoms with E-state index in [1.165, 1.54) is 5.28 Å². The topological polar surface area (TPSA) is 60.0 Å². The van der Waals surface area contributed by atoms with E-state index in [2.05, 4.69) is 23.2 Å². The summed E-state index contributed by atoms with van der Waals surface area (Å²) < 4.78 is 0. The smallest absolute Gasteiger partial charge is 0.870 e. The van der Waals surface area contributed by atoms with Gasteiger partial charge in [-0.05, 0) is 0 Å². The van der Waals surface area contributed by atoms with Crippen LogP contribution in [0.4, 0.5) is 0 Å².